The van der Waals surface area contributed by atoms with Crippen molar-refractivity contribution in [2.24, 2.45) is 7.05 Å². The molecule has 1 heterocycles. The van der Waals surface area contributed by atoms with E-state index in [0.717, 1.165) is 16.6 Å². The third-order valence-corrected chi connectivity index (χ3v) is 4.60. The fourth-order valence-corrected chi connectivity index (χ4v) is 2.81. The van der Waals surface area contributed by atoms with Gasteiger partial charge in [-0.2, -0.15) is 10.4 Å². The lowest BCUT2D eigenvalue weighted by Gasteiger charge is -2.10. The van der Waals surface area contributed by atoms with Crippen LogP contribution in [-0.2, 0) is 7.05 Å². The largest absolute Gasteiger partial charge is 0.323 e. The number of nitrogens with one attached hydrogen (secondary N) is 2. The molecule has 0 spiro atoms. The lowest BCUT2D eigenvalue weighted by Crippen LogP contribution is -2.19. The normalized spacial score (nSPS) is 10.5. The molecule has 0 aliphatic rings. The number of aromatic nitrogens is 2. The van der Waals surface area contributed by atoms with Gasteiger partial charge in [0.2, 0.25) is 0 Å². The van der Waals surface area contributed by atoms with E-state index >= 15 is 0 Å². The minimum atomic E-state index is -0.500. The summed E-state index contributed by atoms with van der Waals surface area (Å²) < 4.78 is 1.78. The number of hydrogen-bond donors (Lipinski definition) is 2. The number of urea groups is 1. The minimum Gasteiger partial charge on any atom is -0.308 e. The summed E-state index contributed by atoms with van der Waals surface area (Å²) in [6.07, 6.45) is 0. The van der Waals surface area contributed by atoms with Gasteiger partial charge in [-0.15, -0.1) is 0 Å². The highest BCUT2D eigenvalue weighted by Gasteiger charge is 2.12. The first-order valence-electron chi connectivity index (χ1n) is 7.29. The predicted molar refractivity (Wildman–Crippen MR) is 99.3 cm³/mol. The first-order valence-corrected chi connectivity index (χ1v) is 8.05. The molecule has 2 aromatic carbocycles. The Morgan fingerprint density at radius 1 is 1.24 bits per heavy atom. The molecule has 2 N–H and O–H groups in total. The summed E-state index contributed by atoms with van der Waals surface area (Å²) in [6, 6.07) is 9.82. The Bertz CT molecular complexity index is 1040. The lowest BCUT2D eigenvalue weighted by atomic mass is 10.2. The van der Waals surface area contributed by atoms with Gasteiger partial charge in [0.25, 0.3) is 0 Å². The summed E-state index contributed by atoms with van der Waals surface area (Å²) in [4.78, 5) is 12.2. The Morgan fingerprint density at radius 3 is 2.72 bits per heavy atom. The highest BCUT2D eigenvalue weighted by molar-refractivity contribution is 6.44. The van der Waals surface area contributed by atoms with Crippen LogP contribution in [0.25, 0.3) is 10.9 Å². The molecule has 0 unspecified atom stereocenters. The summed E-state index contributed by atoms with van der Waals surface area (Å²) in [5, 5.41) is 20.1. The van der Waals surface area contributed by atoms with Crippen molar-refractivity contribution < 1.29 is 4.79 Å². The molecule has 8 heteroatoms. The van der Waals surface area contributed by atoms with Gasteiger partial charge >= 0.3 is 6.03 Å². The van der Waals surface area contributed by atoms with E-state index < -0.39 is 6.03 Å². The van der Waals surface area contributed by atoms with E-state index in [1.54, 1.807) is 16.8 Å². The number of nitriles is 1. The molecule has 0 aliphatic carbocycles. The average molecular weight is 374 g/mol. The fraction of sp³-hybridized carbons (Fsp3) is 0.118. The van der Waals surface area contributed by atoms with Crippen molar-refractivity contribution >= 4 is 51.5 Å². The molecule has 2 amide bonds. The predicted octanol–water partition coefficient (Wildman–Crippen LogP) is 4.70. The van der Waals surface area contributed by atoms with Gasteiger partial charge < -0.3 is 10.6 Å². The third kappa shape index (κ3) is 3.38. The number of aryl methyl sites for hydroxylation is 2. The molecule has 1 aromatic heterocycles. The standard InChI is InChI=1S/C17H13Cl2N5O/c1-9-12-4-3-11(7-14(12)23-24(9)2)21-17(25)22-15-6-10(8-20)5-13(18)16(15)19/h3-7H,1-2H3,(H2,21,22,25). The highest BCUT2D eigenvalue weighted by atomic mass is 35.5. The van der Waals surface area contributed by atoms with Crippen LogP contribution < -0.4 is 10.6 Å². The first-order chi connectivity index (χ1) is 11.9. The zero-order chi connectivity index (χ0) is 18.1. The van der Waals surface area contributed by atoms with Gasteiger partial charge in [-0.05, 0) is 37.3 Å². The minimum absolute atomic E-state index is 0.173. The van der Waals surface area contributed by atoms with Gasteiger partial charge in [-0.25, -0.2) is 4.79 Å². The molecule has 0 bridgehead atoms. The van der Waals surface area contributed by atoms with E-state index in [1.807, 2.05) is 26.1 Å². The van der Waals surface area contributed by atoms with Crippen molar-refractivity contribution in [3.05, 3.63) is 51.6 Å². The van der Waals surface area contributed by atoms with Gasteiger partial charge in [0.1, 0.15) is 0 Å². The van der Waals surface area contributed by atoms with Crippen molar-refractivity contribution in [2.75, 3.05) is 10.6 Å². The van der Waals surface area contributed by atoms with Gasteiger partial charge in [-0.1, -0.05) is 23.2 Å². The molecule has 0 atom stereocenters. The second-order valence-electron chi connectivity index (χ2n) is 5.45. The number of fused-ring (bicyclic) bond motifs is 1. The maximum atomic E-state index is 12.2. The number of halogens is 2. The number of hydrogen-bond acceptors (Lipinski definition) is 3. The number of carbonyl (C=O) groups excluding carboxylic acids is 1. The van der Waals surface area contributed by atoms with Crippen LogP contribution in [-0.4, -0.2) is 15.8 Å². The molecular formula is C17H13Cl2N5O. The molecule has 3 aromatic rings. The van der Waals surface area contributed by atoms with Crippen molar-refractivity contribution in [2.45, 2.75) is 6.92 Å². The molecule has 0 fully saturated rings. The number of anilines is 2. The van der Waals surface area contributed by atoms with Gasteiger partial charge in [0.05, 0.1) is 32.9 Å². The van der Waals surface area contributed by atoms with E-state index in [0.29, 0.717) is 11.3 Å². The number of nitrogens with zero attached hydrogens (tertiary/aromatic N) is 3. The Labute approximate surface area is 153 Å². The van der Waals surface area contributed by atoms with Crippen LogP contribution in [0.3, 0.4) is 0 Å². The van der Waals surface area contributed by atoms with E-state index in [4.69, 9.17) is 28.5 Å². The summed E-state index contributed by atoms with van der Waals surface area (Å²) in [5.74, 6) is 0. The molecule has 0 radical (unpaired) electrons. The quantitative estimate of drug-likeness (QED) is 0.682. The highest BCUT2D eigenvalue weighted by Crippen LogP contribution is 2.31. The topological polar surface area (TPSA) is 82.7 Å². The SMILES string of the molecule is Cc1c2ccc(NC(=O)Nc3cc(C#N)cc(Cl)c3Cl)cc2nn1C. The van der Waals surface area contributed by atoms with Crippen molar-refractivity contribution in [3.63, 3.8) is 0 Å². The summed E-state index contributed by atoms with van der Waals surface area (Å²) in [6.45, 7) is 1.98. The van der Waals surface area contributed by atoms with Crippen LogP contribution in [0.2, 0.25) is 10.0 Å². The third-order valence-electron chi connectivity index (χ3n) is 3.79. The van der Waals surface area contributed by atoms with Gasteiger partial charge in [0.15, 0.2) is 0 Å². The van der Waals surface area contributed by atoms with Gasteiger partial charge in [0, 0.05) is 23.8 Å². The zero-order valence-electron chi connectivity index (χ0n) is 13.4. The molecular weight excluding hydrogens is 361 g/mol. The van der Waals surface area contributed by atoms with Crippen LogP contribution in [0.15, 0.2) is 30.3 Å². The van der Waals surface area contributed by atoms with Crippen molar-refractivity contribution in [1.82, 2.24) is 9.78 Å². The van der Waals surface area contributed by atoms with Gasteiger partial charge in [-0.3, -0.25) is 4.68 Å². The average Bonchev–Trinajstić information content (AvgIpc) is 2.85. The summed E-state index contributed by atoms with van der Waals surface area (Å²) in [5.41, 5.74) is 2.97. The second kappa shape index (κ2) is 6.63. The Balaban J connectivity index is 1.81. The monoisotopic (exact) mass is 373 g/mol. The molecule has 6 nitrogen and oxygen atoms in total. The number of benzene rings is 2. The molecule has 0 aliphatic heterocycles. The van der Waals surface area contributed by atoms with Crippen LogP contribution in [0.5, 0.6) is 0 Å². The van der Waals surface area contributed by atoms with Crippen molar-refractivity contribution in [1.29, 1.82) is 5.26 Å². The van der Waals surface area contributed by atoms with Crippen LogP contribution >= 0.6 is 23.2 Å². The number of amides is 2. The molecule has 0 saturated carbocycles. The maximum absolute atomic E-state index is 12.2. The molecule has 126 valence electrons. The van der Waals surface area contributed by atoms with Crippen LogP contribution in [0.4, 0.5) is 16.2 Å². The Hall–Kier alpha value is -2.75. The second-order valence-corrected chi connectivity index (χ2v) is 6.24. The molecule has 3 rings (SSSR count). The van der Waals surface area contributed by atoms with E-state index in [9.17, 15) is 4.79 Å². The molecule has 0 saturated heterocycles. The van der Waals surface area contributed by atoms with E-state index in [-0.39, 0.29) is 15.7 Å². The first kappa shape index (κ1) is 17.1. The Kier molecular flexibility index (Phi) is 4.53. The zero-order valence-corrected chi connectivity index (χ0v) is 14.9. The Morgan fingerprint density at radius 2 is 2.00 bits per heavy atom. The van der Waals surface area contributed by atoms with Crippen LogP contribution in [0.1, 0.15) is 11.3 Å². The lowest BCUT2D eigenvalue weighted by molar-refractivity contribution is 0.262. The smallest absolute Gasteiger partial charge is 0.308 e. The summed E-state index contributed by atoms with van der Waals surface area (Å²) in [7, 11) is 1.86. The van der Waals surface area contributed by atoms with Crippen molar-refractivity contribution in [3.8, 4) is 6.07 Å². The van der Waals surface area contributed by atoms with Crippen LogP contribution in [0, 0.1) is 18.3 Å². The number of rotatable bonds is 2. The fourth-order valence-electron chi connectivity index (χ4n) is 2.44. The molecule has 25 heavy (non-hydrogen) atoms. The summed E-state index contributed by atoms with van der Waals surface area (Å²) >= 11 is 12.0. The van der Waals surface area contributed by atoms with E-state index in [1.165, 1.54) is 12.1 Å². The number of carbonyl (C=O) groups is 1. The maximum Gasteiger partial charge on any atom is 0.323 e. The van der Waals surface area contributed by atoms with E-state index in [2.05, 4.69) is 15.7 Å².